The summed E-state index contributed by atoms with van der Waals surface area (Å²) in [6.45, 7) is 14.3. The van der Waals surface area contributed by atoms with Gasteiger partial charge in [-0.3, -0.25) is 19.2 Å². The minimum absolute atomic E-state index is 0.0134. The summed E-state index contributed by atoms with van der Waals surface area (Å²) in [6, 6.07) is 40.3. The van der Waals surface area contributed by atoms with Crippen LogP contribution in [0.2, 0.25) is 20.1 Å². The van der Waals surface area contributed by atoms with E-state index in [1.165, 1.54) is 16.7 Å². The van der Waals surface area contributed by atoms with Crippen molar-refractivity contribution in [3.05, 3.63) is 175 Å². The van der Waals surface area contributed by atoms with E-state index in [1.807, 2.05) is 40.1 Å². The molecule has 17 heteroatoms. The number of benzene rings is 5. The van der Waals surface area contributed by atoms with Gasteiger partial charge in [-0.2, -0.15) is 0 Å². The first-order valence-corrected chi connectivity index (χ1v) is 29.6. The van der Waals surface area contributed by atoms with Crippen LogP contribution < -0.4 is 26.6 Å². The van der Waals surface area contributed by atoms with Crippen molar-refractivity contribution in [1.29, 1.82) is 0 Å². The lowest BCUT2D eigenvalue weighted by Crippen LogP contribution is -2.51. The molecule has 13 nitrogen and oxygen atoms in total. The van der Waals surface area contributed by atoms with E-state index in [4.69, 9.17) is 46.4 Å². The molecule has 0 bridgehead atoms. The van der Waals surface area contributed by atoms with Gasteiger partial charge < -0.3 is 46.2 Å². The molecule has 3 aliphatic rings. The van der Waals surface area contributed by atoms with Gasteiger partial charge in [-0.25, -0.2) is 0 Å². The minimum Gasteiger partial charge on any atom is -0.350 e. The third kappa shape index (κ3) is 19.0. The Morgan fingerprint density at radius 2 is 1.04 bits per heavy atom. The SMILES string of the molecule is CC[C@H](CN1CC[C@@H](CNC(=O)c2ccc(Cl)c(Cl)c2)N[C@@H](CCN(C)Cc2ccccc2)C1=O)c1ccccc1.CC[C@H](CN1CC[C@@H](CNC(=O)c2ccc(Cl)c(Cl)c2)N[C@@H](CCN2CCNCC2)C1=O)c1ccccc1. The van der Waals surface area contributed by atoms with Gasteiger partial charge in [0, 0.05) is 120 Å². The summed E-state index contributed by atoms with van der Waals surface area (Å²) >= 11 is 24.2. The van der Waals surface area contributed by atoms with E-state index in [2.05, 4.69) is 118 Å². The maximum absolute atomic E-state index is 13.9. The molecule has 0 aliphatic carbocycles. The lowest BCUT2D eigenvalue weighted by atomic mass is 9.95. The lowest BCUT2D eigenvalue weighted by Gasteiger charge is -2.31. The van der Waals surface area contributed by atoms with Gasteiger partial charge in [0.15, 0.2) is 0 Å². The number of amides is 4. The van der Waals surface area contributed by atoms with Crippen LogP contribution in [-0.4, -0.2) is 153 Å². The Morgan fingerprint density at radius 3 is 1.48 bits per heavy atom. The number of hydrogen-bond donors (Lipinski definition) is 5. The molecule has 4 amide bonds. The molecule has 0 radical (unpaired) electrons. The molecule has 6 atom stereocenters. The van der Waals surface area contributed by atoms with Gasteiger partial charge in [0.05, 0.1) is 32.2 Å². The second-order valence-electron chi connectivity index (χ2n) is 21.1. The molecule has 5 aromatic carbocycles. The molecule has 0 spiro atoms. The summed E-state index contributed by atoms with van der Waals surface area (Å²) < 4.78 is 0. The van der Waals surface area contributed by atoms with E-state index in [-0.39, 0.29) is 53.7 Å². The molecular weight excluding hydrogens is 1080 g/mol. The zero-order chi connectivity index (χ0) is 56.1. The quantitative estimate of drug-likeness (QED) is 0.0458. The Morgan fingerprint density at radius 1 is 0.595 bits per heavy atom. The highest BCUT2D eigenvalue weighted by molar-refractivity contribution is 6.42. The first-order chi connectivity index (χ1) is 38.3. The van der Waals surface area contributed by atoms with E-state index >= 15 is 0 Å². The predicted octanol–water partition coefficient (Wildman–Crippen LogP) is 9.77. The molecule has 3 fully saturated rings. The maximum atomic E-state index is 13.9. The number of piperazine rings is 1. The highest BCUT2D eigenvalue weighted by Crippen LogP contribution is 2.27. The van der Waals surface area contributed by atoms with Crippen molar-refractivity contribution in [2.75, 3.05) is 85.6 Å². The predicted molar refractivity (Wildman–Crippen MR) is 322 cm³/mol. The second-order valence-corrected chi connectivity index (χ2v) is 22.7. The van der Waals surface area contributed by atoms with Crippen LogP contribution in [-0.2, 0) is 16.1 Å². The average molecular weight is 1160 g/mol. The molecule has 5 aromatic rings. The van der Waals surface area contributed by atoms with Crippen LogP contribution in [0.5, 0.6) is 0 Å². The van der Waals surface area contributed by atoms with Gasteiger partial charge in [0.2, 0.25) is 11.8 Å². The molecule has 0 saturated carbocycles. The summed E-state index contributed by atoms with van der Waals surface area (Å²) in [5.74, 6) is 0.434. The molecule has 424 valence electrons. The molecule has 79 heavy (non-hydrogen) atoms. The number of halogens is 4. The molecular formula is C62H79Cl4N9O4. The van der Waals surface area contributed by atoms with Gasteiger partial charge in [-0.05, 0) is 98.7 Å². The van der Waals surface area contributed by atoms with Crippen molar-refractivity contribution < 1.29 is 19.2 Å². The molecule has 8 rings (SSSR count). The van der Waals surface area contributed by atoms with Crippen LogP contribution in [0.25, 0.3) is 0 Å². The summed E-state index contributed by atoms with van der Waals surface area (Å²) in [5.41, 5.74) is 4.69. The van der Waals surface area contributed by atoms with E-state index in [0.29, 0.717) is 82.8 Å². The van der Waals surface area contributed by atoms with Crippen LogP contribution in [0.3, 0.4) is 0 Å². The van der Waals surface area contributed by atoms with Gasteiger partial charge in [0.1, 0.15) is 0 Å². The fourth-order valence-corrected chi connectivity index (χ4v) is 11.3. The first-order valence-electron chi connectivity index (χ1n) is 28.1. The van der Waals surface area contributed by atoms with Gasteiger partial charge in [-0.15, -0.1) is 0 Å². The third-order valence-electron chi connectivity index (χ3n) is 15.4. The number of nitrogens with one attached hydrogen (secondary N) is 5. The second kappa shape index (κ2) is 31.8. The first kappa shape index (κ1) is 61.6. The average Bonchev–Trinajstić information content (AvgIpc) is 3.72. The highest BCUT2D eigenvalue weighted by atomic mass is 35.5. The lowest BCUT2D eigenvalue weighted by molar-refractivity contribution is -0.134. The number of hydrogen-bond acceptors (Lipinski definition) is 9. The van der Waals surface area contributed by atoms with Crippen LogP contribution in [0.1, 0.15) is 102 Å². The smallest absolute Gasteiger partial charge is 0.251 e. The van der Waals surface area contributed by atoms with E-state index < -0.39 is 0 Å². The molecule has 3 heterocycles. The van der Waals surface area contributed by atoms with Gasteiger partial charge >= 0.3 is 0 Å². The van der Waals surface area contributed by atoms with Crippen molar-refractivity contribution in [2.24, 2.45) is 0 Å². The Labute approximate surface area is 488 Å². The van der Waals surface area contributed by atoms with Crippen molar-refractivity contribution >= 4 is 70.0 Å². The fourth-order valence-electron chi connectivity index (χ4n) is 10.7. The number of nitrogens with zero attached hydrogens (tertiary/aromatic N) is 4. The highest BCUT2D eigenvalue weighted by Gasteiger charge is 2.34. The normalized spacial score (nSPS) is 19.9. The Hall–Kier alpha value is -5.06. The fraction of sp³-hybridized carbons (Fsp3) is 0.452. The monoisotopic (exact) mass is 1150 g/mol. The van der Waals surface area contributed by atoms with Crippen LogP contribution in [0.15, 0.2) is 127 Å². The largest absolute Gasteiger partial charge is 0.350 e. The molecule has 0 unspecified atom stereocenters. The van der Waals surface area contributed by atoms with E-state index in [9.17, 15) is 19.2 Å². The zero-order valence-electron chi connectivity index (χ0n) is 46.0. The molecule has 5 N–H and O–H groups in total. The minimum atomic E-state index is -0.337. The zero-order valence-corrected chi connectivity index (χ0v) is 49.0. The molecule has 3 saturated heterocycles. The van der Waals surface area contributed by atoms with E-state index in [1.54, 1.807) is 36.4 Å². The van der Waals surface area contributed by atoms with Gasteiger partial charge in [-0.1, -0.05) is 151 Å². The number of carbonyl (C=O) groups is 4. The van der Waals surface area contributed by atoms with E-state index in [0.717, 1.165) is 77.9 Å². The topological polar surface area (TPSA) is 141 Å². The Bertz CT molecular complexity index is 2700. The van der Waals surface area contributed by atoms with Crippen LogP contribution in [0.4, 0.5) is 0 Å². The molecule has 0 aromatic heterocycles. The van der Waals surface area contributed by atoms with Crippen molar-refractivity contribution in [2.45, 2.75) is 94.9 Å². The Kier molecular flexibility index (Phi) is 24.8. The van der Waals surface area contributed by atoms with Crippen molar-refractivity contribution in [3.8, 4) is 0 Å². The summed E-state index contributed by atoms with van der Waals surface area (Å²) in [4.78, 5) is 62.1. The van der Waals surface area contributed by atoms with Crippen molar-refractivity contribution in [3.63, 3.8) is 0 Å². The standard InChI is InChI=1S/C33H40Cl2N4O2.C29H39Cl2N5O2/c1-3-25(26-12-8-5-9-13-26)23-39-19-16-28(21-36-32(40)27-14-15-29(34)30(35)20-27)37-31(33(39)41)17-18-38(2)22-24-10-6-4-7-11-24;1-2-21(22-6-4-3-5-7-22)20-36-15-10-24(19-33-28(37)23-8-9-25(30)26(31)18-23)34-27(29(36)38)11-14-35-16-12-32-13-17-35/h4-15,20,25,28,31,37H,3,16-19,21-23H2,1-2H3,(H,36,40);3-9,18,21,24,27,32,34H,2,10-17,19-20H2,1H3,(H,33,37)/t25-,28+,31+;21-,24+,27+/m11/s1. The molecule has 3 aliphatic heterocycles. The van der Waals surface area contributed by atoms with Crippen LogP contribution in [0, 0.1) is 0 Å². The van der Waals surface area contributed by atoms with Gasteiger partial charge in [0.25, 0.3) is 11.8 Å². The number of rotatable bonds is 22. The third-order valence-corrected chi connectivity index (χ3v) is 16.9. The number of carbonyl (C=O) groups excluding carboxylic acids is 4. The maximum Gasteiger partial charge on any atom is 0.251 e. The van der Waals surface area contributed by atoms with Crippen molar-refractivity contribution in [1.82, 2.24) is 46.2 Å². The summed E-state index contributed by atoms with van der Waals surface area (Å²) in [6.07, 6.45) is 4.86. The Balaban J connectivity index is 0.000000229. The van der Waals surface area contributed by atoms with Crippen LogP contribution >= 0.6 is 46.4 Å². The summed E-state index contributed by atoms with van der Waals surface area (Å²) in [5, 5.41) is 18.2. The summed E-state index contributed by atoms with van der Waals surface area (Å²) in [7, 11) is 2.09.